The molecule has 3 rings (SSSR count). The molecule has 0 aliphatic carbocycles. The fourth-order valence-corrected chi connectivity index (χ4v) is 3.46. The molecule has 0 bridgehead atoms. The van der Waals surface area contributed by atoms with Gasteiger partial charge in [-0.25, -0.2) is 5.01 Å². The third kappa shape index (κ3) is 5.64. The molecule has 0 spiro atoms. The van der Waals surface area contributed by atoms with Crippen LogP contribution in [0.1, 0.15) is 5.56 Å². The highest BCUT2D eigenvalue weighted by molar-refractivity contribution is 5.63. The highest BCUT2D eigenvalue weighted by Crippen LogP contribution is 2.30. The molecule has 0 amide bonds. The molecule has 9 heteroatoms. The number of nitrogens with zero attached hydrogens (tertiary/aromatic N) is 3. The van der Waals surface area contributed by atoms with Gasteiger partial charge in [-0.15, -0.1) is 0 Å². The molecule has 1 aliphatic heterocycles. The first kappa shape index (κ1) is 21.9. The van der Waals surface area contributed by atoms with E-state index in [1.54, 1.807) is 19.2 Å². The summed E-state index contributed by atoms with van der Waals surface area (Å²) in [5, 5.41) is 2.12. The van der Waals surface area contributed by atoms with E-state index in [1.165, 1.54) is 5.56 Å². The van der Waals surface area contributed by atoms with Crippen molar-refractivity contribution in [3.63, 3.8) is 0 Å². The molecule has 164 valence electrons. The summed E-state index contributed by atoms with van der Waals surface area (Å²) in [5.74, 6) is 0.801. The van der Waals surface area contributed by atoms with Gasteiger partial charge >= 0.3 is 6.61 Å². The minimum Gasteiger partial charge on any atom is -0.495 e. The van der Waals surface area contributed by atoms with E-state index in [1.807, 2.05) is 32.3 Å². The second kappa shape index (κ2) is 9.82. The predicted octanol–water partition coefficient (Wildman–Crippen LogP) is 3.09. The SMILES string of the molecule is COc1cc(CN(C)C)ccc1NN1CCN(c2ccc(N)c(OC(F)F)c2)CC1. The number of ether oxygens (including phenoxy) is 2. The molecule has 2 aromatic carbocycles. The number of anilines is 3. The number of hydrogen-bond donors (Lipinski definition) is 2. The number of piperazine rings is 1. The monoisotopic (exact) mass is 421 g/mol. The molecule has 1 fully saturated rings. The summed E-state index contributed by atoms with van der Waals surface area (Å²) >= 11 is 0. The molecule has 1 saturated heterocycles. The molecular formula is C21H29F2N5O2. The molecule has 0 aromatic heterocycles. The Bertz CT molecular complexity index is 842. The summed E-state index contributed by atoms with van der Waals surface area (Å²) in [5.41, 5.74) is 12.3. The van der Waals surface area contributed by atoms with Crippen molar-refractivity contribution in [2.75, 3.05) is 63.4 Å². The summed E-state index contributed by atoms with van der Waals surface area (Å²) in [6, 6.07) is 11.1. The highest BCUT2D eigenvalue weighted by atomic mass is 19.3. The van der Waals surface area contributed by atoms with E-state index >= 15 is 0 Å². The van der Waals surface area contributed by atoms with Crippen LogP contribution in [0.4, 0.5) is 25.8 Å². The maximum absolute atomic E-state index is 12.6. The highest BCUT2D eigenvalue weighted by Gasteiger charge is 2.20. The maximum Gasteiger partial charge on any atom is 0.387 e. The van der Waals surface area contributed by atoms with Crippen molar-refractivity contribution >= 4 is 17.1 Å². The van der Waals surface area contributed by atoms with Crippen molar-refractivity contribution in [3.05, 3.63) is 42.0 Å². The Labute approximate surface area is 175 Å². The first-order valence-corrected chi connectivity index (χ1v) is 9.78. The fourth-order valence-electron chi connectivity index (χ4n) is 3.46. The Balaban J connectivity index is 1.61. The van der Waals surface area contributed by atoms with E-state index in [0.29, 0.717) is 0 Å². The quantitative estimate of drug-likeness (QED) is 0.635. The number of benzene rings is 2. The molecule has 0 unspecified atom stereocenters. The second-order valence-electron chi connectivity index (χ2n) is 7.46. The normalized spacial score (nSPS) is 15.0. The molecule has 7 nitrogen and oxygen atoms in total. The van der Waals surface area contributed by atoms with Crippen LogP contribution in [0.15, 0.2) is 36.4 Å². The van der Waals surface area contributed by atoms with Crippen LogP contribution in [0.3, 0.4) is 0 Å². The number of nitrogen functional groups attached to an aromatic ring is 1. The van der Waals surface area contributed by atoms with Crippen molar-refractivity contribution in [1.82, 2.24) is 9.91 Å². The minimum atomic E-state index is -2.90. The molecule has 1 heterocycles. The van der Waals surface area contributed by atoms with Gasteiger partial charge in [0.05, 0.1) is 18.5 Å². The second-order valence-corrected chi connectivity index (χ2v) is 7.46. The van der Waals surface area contributed by atoms with E-state index in [9.17, 15) is 8.78 Å². The number of hydrogen-bond acceptors (Lipinski definition) is 7. The smallest absolute Gasteiger partial charge is 0.387 e. The first-order chi connectivity index (χ1) is 14.4. The Morgan fingerprint density at radius 2 is 1.80 bits per heavy atom. The average molecular weight is 421 g/mol. The van der Waals surface area contributed by atoms with Crippen LogP contribution < -0.4 is 25.5 Å². The van der Waals surface area contributed by atoms with Gasteiger partial charge in [0.2, 0.25) is 0 Å². The number of nitrogens with two attached hydrogens (primary N) is 1. The van der Waals surface area contributed by atoms with Gasteiger partial charge in [0, 0.05) is 44.5 Å². The zero-order valence-corrected chi connectivity index (χ0v) is 17.6. The fraction of sp³-hybridized carbons (Fsp3) is 0.429. The van der Waals surface area contributed by atoms with Crippen molar-refractivity contribution in [1.29, 1.82) is 0 Å². The van der Waals surface area contributed by atoms with Gasteiger partial charge in [0.1, 0.15) is 5.75 Å². The van der Waals surface area contributed by atoms with Crippen molar-refractivity contribution in [3.8, 4) is 11.5 Å². The van der Waals surface area contributed by atoms with E-state index in [4.69, 9.17) is 10.5 Å². The molecule has 0 saturated carbocycles. The van der Waals surface area contributed by atoms with Crippen LogP contribution in [-0.4, -0.2) is 63.9 Å². The van der Waals surface area contributed by atoms with Gasteiger partial charge in [0.25, 0.3) is 0 Å². The summed E-state index contributed by atoms with van der Waals surface area (Å²) < 4.78 is 35.2. The Kier molecular flexibility index (Phi) is 7.17. The lowest BCUT2D eigenvalue weighted by molar-refractivity contribution is -0.0493. The maximum atomic E-state index is 12.6. The van der Waals surface area contributed by atoms with E-state index in [0.717, 1.165) is 49.8 Å². The molecule has 0 atom stereocenters. The van der Waals surface area contributed by atoms with Gasteiger partial charge in [0.15, 0.2) is 5.75 Å². The van der Waals surface area contributed by atoms with Gasteiger partial charge in [-0.2, -0.15) is 8.78 Å². The van der Waals surface area contributed by atoms with Crippen molar-refractivity contribution in [2.45, 2.75) is 13.2 Å². The first-order valence-electron chi connectivity index (χ1n) is 9.78. The van der Waals surface area contributed by atoms with Crippen LogP contribution in [-0.2, 0) is 6.54 Å². The number of nitrogens with one attached hydrogen (secondary N) is 1. The van der Waals surface area contributed by atoms with Gasteiger partial charge in [-0.05, 0) is 43.9 Å². The zero-order chi connectivity index (χ0) is 21.7. The van der Waals surface area contributed by atoms with Crippen LogP contribution in [0.25, 0.3) is 0 Å². The summed E-state index contributed by atoms with van der Waals surface area (Å²) in [7, 11) is 5.72. The zero-order valence-electron chi connectivity index (χ0n) is 17.6. The lowest BCUT2D eigenvalue weighted by Gasteiger charge is -2.37. The number of rotatable bonds is 8. The predicted molar refractivity (Wildman–Crippen MR) is 115 cm³/mol. The Morgan fingerprint density at radius 1 is 1.07 bits per heavy atom. The topological polar surface area (TPSA) is 66.2 Å². The average Bonchev–Trinajstić information content (AvgIpc) is 2.70. The minimum absolute atomic E-state index is 0.00519. The molecule has 1 aliphatic rings. The molecule has 0 radical (unpaired) electrons. The van der Waals surface area contributed by atoms with Crippen molar-refractivity contribution in [2.24, 2.45) is 0 Å². The van der Waals surface area contributed by atoms with Crippen LogP contribution in [0.5, 0.6) is 11.5 Å². The van der Waals surface area contributed by atoms with Crippen LogP contribution >= 0.6 is 0 Å². The molecular weight excluding hydrogens is 392 g/mol. The summed E-state index contributed by atoms with van der Waals surface area (Å²) in [4.78, 5) is 4.23. The number of halogens is 2. The number of alkyl halides is 2. The molecule has 2 aromatic rings. The number of hydrazine groups is 1. The molecule has 30 heavy (non-hydrogen) atoms. The van der Waals surface area contributed by atoms with Gasteiger partial charge in [-0.3, -0.25) is 0 Å². The van der Waals surface area contributed by atoms with Gasteiger partial charge in [-0.1, -0.05) is 6.07 Å². The van der Waals surface area contributed by atoms with E-state index in [-0.39, 0.29) is 11.4 Å². The van der Waals surface area contributed by atoms with Crippen LogP contribution in [0, 0.1) is 0 Å². The van der Waals surface area contributed by atoms with E-state index < -0.39 is 6.61 Å². The lowest BCUT2D eigenvalue weighted by atomic mass is 10.2. The molecule has 3 N–H and O–H groups in total. The largest absolute Gasteiger partial charge is 0.495 e. The van der Waals surface area contributed by atoms with Gasteiger partial charge < -0.3 is 30.4 Å². The van der Waals surface area contributed by atoms with Crippen LogP contribution in [0.2, 0.25) is 0 Å². The summed E-state index contributed by atoms with van der Waals surface area (Å²) in [6.45, 7) is 0.894. The third-order valence-corrected chi connectivity index (χ3v) is 4.90. The third-order valence-electron chi connectivity index (χ3n) is 4.90. The van der Waals surface area contributed by atoms with Crippen molar-refractivity contribution < 1.29 is 18.3 Å². The Hall–Kier alpha value is -2.78. The standard InChI is InChI=1S/C21H29F2N5O2/c1-26(2)14-15-4-7-18(20(12-15)29-3)25-28-10-8-27(9-11-28)16-5-6-17(24)19(13-16)30-21(22)23/h4-7,12-13,21,25H,8-11,14,24H2,1-3H3. The Morgan fingerprint density at radius 3 is 2.43 bits per heavy atom. The summed E-state index contributed by atoms with van der Waals surface area (Å²) in [6.07, 6.45) is 0. The number of methoxy groups -OCH3 is 1. The van der Waals surface area contributed by atoms with E-state index in [2.05, 4.69) is 31.0 Å². The lowest BCUT2D eigenvalue weighted by Crippen LogP contribution is -2.48.